The van der Waals surface area contributed by atoms with Gasteiger partial charge in [-0.3, -0.25) is 0 Å². The Balaban J connectivity index is 0.00000169. The Morgan fingerprint density at radius 1 is 1.07 bits per heavy atom. The Labute approximate surface area is 124 Å². The van der Waals surface area contributed by atoms with Crippen molar-refractivity contribution in [1.82, 2.24) is 0 Å². The zero-order chi connectivity index (χ0) is 9.73. The van der Waals surface area contributed by atoms with Crippen LogP contribution in [0.15, 0.2) is 36.4 Å². The van der Waals surface area contributed by atoms with Gasteiger partial charge in [0.1, 0.15) is 0 Å². The molecule has 1 aromatic carbocycles. The van der Waals surface area contributed by atoms with E-state index >= 15 is 0 Å². The first-order chi connectivity index (χ1) is 6.08. The predicted octanol–water partition coefficient (Wildman–Crippen LogP) is 0.551. The fourth-order valence-corrected chi connectivity index (χ4v) is 0.923. The molecule has 0 saturated carbocycles. The maximum atomic E-state index is 11.8. The van der Waals surface area contributed by atoms with Crippen molar-refractivity contribution in [2.45, 2.75) is 6.32 Å². The van der Waals surface area contributed by atoms with E-state index in [1.165, 1.54) is 6.08 Å². The molecule has 5 heteroatoms. The van der Waals surface area contributed by atoms with E-state index in [2.05, 4.69) is 0 Å². The third-order valence-electron chi connectivity index (χ3n) is 1.51. The summed E-state index contributed by atoms with van der Waals surface area (Å²) >= 11 is 0. The smallest absolute Gasteiger partial charge is 0.449 e. The molecule has 1 aromatic rings. The van der Waals surface area contributed by atoms with Crippen LogP contribution < -0.4 is 51.4 Å². The normalized spacial score (nSPS) is 11.4. The number of halogens is 3. The Morgan fingerprint density at radius 3 is 2.14 bits per heavy atom. The summed E-state index contributed by atoms with van der Waals surface area (Å²) in [4.78, 5) is 0. The second kappa shape index (κ2) is 6.85. The molecule has 0 aliphatic carbocycles. The average molecular weight is 224 g/mol. The third-order valence-corrected chi connectivity index (χ3v) is 1.51. The van der Waals surface area contributed by atoms with Gasteiger partial charge in [0.15, 0.2) is 0 Å². The quantitative estimate of drug-likeness (QED) is 0.658. The van der Waals surface area contributed by atoms with Gasteiger partial charge in [0.2, 0.25) is 0 Å². The van der Waals surface area contributed by atoms with Gasteiger partial charge in [-0.05, 0) is 5.56 Å². The first-order valence-corrected chi connectivity index (χ1v) is 4.00. The number of benzene rings is 1. The van der Waals surface area contributed by atoms with E-state index in [0.29, 0.717) is 0 Å². The van der Waals surface area contributed by atoms with Crippen LogP contribution in [0.2, 0.25) is 6.32 Å². The summed E-state index contributed by atoms with van der Waals surface area (Å²) in [6, 6.07) is 8.93. The van der Waals surface area contributed by atoms with Gasteiger partial charge in [-0.1, -0.05) is 42.7 Å². The second-order valence-electron chi connectivity index (χ2n) is 2.76. The van der Waals surface area contributed by atoms with E-state index in [9.17, 15) is 12.9 Å². The average Bonchev–Trinajstić information content (AvgIpc) is 2.04. The second-order valence-corrected chi connectivity index (χ2v) is 2.76. The third kappa shape index (κ3) is 6.84. The van der Waals surface area contributed by atoms with Gasteiger partial charge in [-0.25, -0.2) is 0 Å². The largest absolute Gasteiger partial charge is 1.00 e. The van der Waals surface area contributed by atoms with Crippen LogP contribution in [0.4, 0.5) is 12.9 Å². The molecular weight excluding hydrogens is 215 g/mol. The van der Waals surface area contributed by atoms with Crippen molar-refractivity contribution in [3.05, 3.63) is 42.0 Å². The molecule has 0 aromatic heterocycles. The molecule has 0 nitrogen and oxygen atoms in total. The maximum Gasteiger partial charge on any atom is 1.00 e. The molecule has 70 valence electrons. The molecule has 14 heavy (non-hydrogen) atoms. The van der Waals surface area contributed by atoms with Crippen molar-refractivity contribution in [1.29, 1.82) is 0 Å². The van der Waals surface area contributed by atoms with E-state index in [0.717, 1.165) is 11.6 Å². The van der Waals surface area contributed by atoms with Crippen molar-refractivity contribution >= 4 is 13.1 Å². The fraction of sp³-hybridized carbons (Fsp3) is 0.111. The number of rotatable bonds is 3. The van der Waals surface area contributed by atoms with Crippen LogP contribution in [0.5, 0.6) is 0 Å². The summed E-state index contributed by atoms with van der Waals surface area (Å²) in [6.45, 7) is -4.69. The summed E-state index contributed by atoms with van der Waals surface area (Å²) in [5.74, 6) is 0. The summed E-state index contributed by atoms with van der Waals surface area (Å²) in [6.07, 6.45) is 1.82. The Bertz CT molecular complexity index is 282. The Hall–Kier alpha value is 0.451. The minimum absolute atomic E-state index is 0. The summed E-state index contributed by atoms with van der Waals surface area (Å²) < 4.78 is 35.3. The minimum atomic E-state index is -4.69. The fourth-order valence-electron chi connectivity index (χ4n) is 0.923. The van der Waals surface area contributed by atoms with Crippen molar-refractivity contribution < 1.29 is 64.3 Å². The molecule has 0 saturated heterocycles. The SMILES string of the molecule is F[B-](F)(F)C/C=C/c1ccccc1.[K+]. The van der Waals surface area contributed by atoms with Gasteiger partial charge in [-0.2, -0.15) is 0 Å². The molecule has 0 bridgehead atoms. The van der Waals surface area contributed by atoms with Gasteiger partial charge >= 0.3 is 58.4 Å². The first kappa shape index (κ1) is 14.5. The van der Waals surface area contributed by atoms with Gasteiger partial charge in [0.05, 0.1) is 0 Å². The van der Waals surface area contributed by atoms with Crippen LogP contribution in [0.25, 0.3) is 6.08 Å². The van der Waals surface area contributed by atoms with Gasteiger partial charge < -0.3 is 12.9 Å². The Morgan fingerprint density at radius 2 is 1.64 bits per heavy atom. The standard InChI is InChI=1S/C9H9BF3.K/c11-10(12,13)8-4-7-9-5-2-1-3-6-9;/h1-7H,8H2;/q-1;+1/b7-4+;. The van der Waals surface area contributed by atoms with Crippen molar-refractivity contribution in [2.24, 2.45) is 0 Å². The molecule has 0 N–H and O–H groups in total. The van der Waals surface area contributed by atoms with Gasteiger partial charge in [0, 0.05) is 0 Å². The molecule has 0 atom stereocenters. The maximum absolute atomic E-state index is 11.8. The van der Waals surface area contributed by atoms with Crippen LogP contribution in [-0.2, 0) is 0 Å². The summed E-state index contributed by atoms with van der Waals surface area (Å²) in [7, 11) is 0. The summed E-state index contributed by atoms with van der Waals surface area (Å²) in [5.41, 5.74) is 0.794. The molecule has 0 spiro atoms. The monoisotopic (exact) mass is 224 g/mol. The molecule has 0 amide bonds. The van der Waals surface area contributed by atoms with Crippen molar-refractivity contribution in [3.8, 4) is 0 Å². The molecule has 0 unspecified atom stereocenters. The van der Waals surface area contributed by atoms with Crippen LogP contribution in [0, 0.1) is 0 Å². The molecule has 0 radical (unpaired) electrons. The van der Waals surface area contributed by atoms with E-state index in [1.807, 2.05) is 6.07 Å². The van der Waals surface area contributed by atoms with Crippen molar-refractivity contribution in [3.63, 3.8) is 0 Å². The number of hydrogen-bond acceptors (Lipinski definition) is 0. The van der Waals surface area contributed by atoms with Crippen LogP contribution in [0.3, 0.4) is 0 Å². The van der Waals surface area contributed by atoms with E-state index in [4.69, 9.17) is 0 Å². The zero-order valence-corrected chi connectivity index (χ0v) is 11.1. The molecule has 0 fully saturated rings. The van der Waals surface area contributed by atoms with Gasteiger partial charge in [-0.15, -0.1) is 6.08 Å². The minimum Gasteiger partial charge on any atom is -0.449 e. The van der Waals surface area contributed by atoms with E-state index in [-0.39, 0.29) is 51.4 Å². The Kier molecular flexibility index (Phi) is 7.07. The number of allylic oxidation sites excluding steroid dienone is 1. The van der Waals surface area contributed by atoms with Crippen LogP contribution in [0.1, 0.15) is 5.56 Å². The van der Waals surface area contributed by atoms with E-state index in [1.54, 1.807) is 24.3 Å². The molecule has 0 heterocycles. The predicted molar refractivity (Wildman–Crippen MR) is 49.4 cm³/mol. The summed E-state index contributed by atoms with van der Waals surface area (Å²) in [5, 5.41) is 0. The molecule has 0 aliphatic rings. The molecular formula is C9H9BF3K. The van der Waals surface area contributed by atoms with Crippen LogP contribution >= 0.6 is 0 Å². The van der Waals surface area contributed by atoms with Gasteiger partial charge in [0.25, 0.3) is 0 Å². The number of hydrogen-bond donors (Lipinski definition) is 0. The molecule has 0 aliphatic heterocycles. The first-order valence-electron chi connectivity index (χ1n) is 4.00. The zero-order valence-electron chi connectivity index (χ0n) is 7.96. The van der Waals surface area contributed by atoms with E-state index < -0.39 is 13.3 Å². The molecule has 1 rings (SSSR count). The van der Waals surface area contributed by atoms with Crippen molar-refractivity contribution in [2.75, 3.05) is 0 Å². The van der Waals surface area contributed by atoms with Crippen LogP contribution in [-0.4, -0.2) is 6.98 Å². The topological polar surface area (TPSA) is 0 Å².